The number of carbonyl (C=O) groups is 2. The van der Waals surface area contributed by atoms with E-state index in [4.69, 9.17) is 0 Å². The van der Waals surface area contributed by atoms with Gasteiger partial charge in [0.15, 0.2) is 0 Å². The minimum atomic E-state index is -0.313. The first-order valence-electron chi connectivity index (χ1n) is 5.73. The maximum atomic E-state index is 12.3. The van der Waals surface area contributed by atoms with Crippen molar-refractivity contribution in [2.75, 3.05) is 0 Å². The monoisotopic (exact) mass is 218 g/mol. The summed E-state index contributed by atoms with van der Waals surface area (Å²) in [6, 6.07) is -0.417. The van der Waals surface area contributed by atoms with Gasteiger partial charge in [-0.15, -0.1) is 0 Å². The largest absolute Gasteiger partial charge is 0.347 e. The fourth-order valence-corrected chi connectivity index (χ4v) is 2.69. The molecule has 1 aliphatic carbocycles. The molecule has 1 N–H and O–H groups in total. The number of amides is 2. The molecule has 0 radical (unpaired) electrons. The number of allylic oxidation sites excluding steroid dienone is 1. The Morgan fingerprint density at radius 2 is 2.19 bits per heavy atom. The van der Waals surface area contributed by atoms with Crippen molar-refractivity contribution >= 4 is 11.8 Å². The number of hydrogen-bond donors (Lipinski definition) is 1. The Hall–Kier alpha value is -1.58. The van der Waals surface area contributed by atoms with Gasteiger partial charge in [0, 0.05) is 6.20 Å². The number of fused-ring (bicyclic) bond motifs is 2. The summed E-state index contributed by atoms with van der Waals surface area (Å²) < 4.78 is 0. The maximum absolute atomic E-state index is 12.3. The number of nitrogens with one attached hydrogen (secondary N) is 1. The van der Waals surface area contributed by atoms with Crippen LogP contribution in [0.15, 0.2) is 24.4 Å². The zero-order chi connectivity index (χ0) is 11.1. The lowest BCUT2D eigenvalue weighted by Crippen LogP contribution is -2.42. The van der Waals surface area contributed by atoms with Crippen LogP contribution in [0.5, 0.6) is 0 Å². The van der Waals surface area contributed by atoms with Crippen molar-refractivity contribution in [1.82, 2.24) is 10.2 Å². The van der Waals surface area contributed by atoms with E-state index in [0.29, 0.717) is 6.42 Å². The summed E-state index contributed by atoms with van der Waals surface area (Å²) >= 11 is 0. The lowest BCUT2D eigenvalue weighted by Gasteiger charge is -2.26. The summed E-state index contributed by atoms with van der Waals surface area (Å²) in [5, 5.41) is 2.95. The molecule has 1 fully saturated rings. The molecule has 4 heteroatoms. The van der Waals surface area contributed by atoms with E-state index >= 15 is 0 Å². The Kier molecular flexibility index (Phi) is 2.09. The van der Waals surface area contributed by atoms with Crippen molar-refractivity contribution in [3.8, 4) is 0 Å². The molecule has 0 saturated carbocycles. The number of carbonyl (C=O) groups excluding carboxylic acids is 2. The third kappa shape index (κ3) is 1.29. The van der Waals surface area contributed by atoms with Crippen LogP contribution < -0.4 is 5.32 Å². The van der Waals surface area contributed by atoms with E-state index in [1.54, 1.807) is 11.1 Å². The minimum absolute atomic E-state index is 0.0302. The third-order valence-electron chi connectivity index (χ3n) is 3.57. The number of rotatable bonds is 0. The quantitative estimate of drug-likeness (QED) is 0.604. The topological polar surface area (TPSA) is 49.4 Å². The molecule has 16 heavy (non-hydrogen) atoms. The van der Waals surface area contributed by atoms with Crippen molar-refractivity contribution in [2.45, 2.75) is 31.3 Å². The molecule has 0 spiro atoms. The summed E-state index contributed by atoms with van der Waals surface area (Å²) in [5.74, 6) is -0.0226. The van der Waals surface area contributed by atoms with Crippen molar-refractivity contribution in [2.24, 2.45) is 5.92 Å². The van der Waals surface area contributed by atoms with Gasteiger partial charge in [-0.3, -0.25) is 9.59 Å². The molecule has 0 aromatic carbocycles. The molecular weight excluding hydrogens is 204 g/mol. The van der Waals surface area contributed by atoms with Crippen molar-refractivity contribution < 1.29 is 9.59 Å². The summed E-state index contributed by atoms with van der Waals surface area (Å²) in [6.07, 6.45) is 10.0. The SMILES string of the molecule is O=C1NC2C=CCCC2C(=O)N2C=CCC12. The van der Waals surface area contributed by atoms with Gasteiger partial charge in [-0.1, -0.05) is 18.2 Å². The lowest BCUT2D eigenvalue weighted by atomic mass is 9.89. The number of hydrogen-bond acceptors (Lipinski definition) is 2. The Labute approximate surface area is 94.0 Å². The molecule has 4 nitrogen and oxygen atoms in total. The third-order valence-corrected chi connectivity index (χ3v) is 3.57. The second kappa shape index (κ2) is 3.47. The molecule has 3 rings (SSSR count). The lowest BCUT2D eigenvalue weighted by molar-refractivity contribution is -0.136. The Bertz CT molecular complexity index is 400. The highest BCUT2D eigenvalue weighted by molar-refractivity contribution is 5.93. The van der Waals surface area contributed by atoms with E-state index in [1.165, 1.54) is 0 Å². The standard InChI is InChI=1S/C12H14N2O2/c15-11-10-6-3-7-14(10)12(16)8-4-1-2-5-9(8)13-11/h2-3,5,7-10H,1,4,6H2,(H,13,15). The molecular formula is C12H14N2O2. The van der Waals surface area contributed by atoms with E-state index in [2.05, 4.69) is 5.32 Å². The van der Waals surface area contributed by atoms with E-state index in [0.717, 1.165) is 12.8 Å². The highest BCUT2D eigenvalue weighted by atomic mass is 16.2. The van der Waals surface area contributed by atoms with Gasteiger partial charge in [-0.25, -0.2) is 0 Å². The van der Waals surface area contributed by atoms with Crippen LogP contribution in [0.4, 0.5) is 0 Å². The van der Waals surface area contributed by atoms with Gasteiger partial charge in [0.05, 0.1) is 12.0 Å². The maximum Gasteiger partial charge on any atom is 0.243 e. The van der Waals surface area contributed by atoms with Crippen LogP contribution >= 0.6 is 0 Å². The smallest absolute Gasteiger partial charge is 0.243 e. The first kappa shape index (κ1) is 9.63. The highest BCUT2D eigenvalue weighted by Gasteiger charge is 2.42. The van der Waals surface area contributed by atoms with Crippen molar-refractivity contribution in [3.05, 3.63) is 24.4 Å². The molecule has 3 aliphatic rings. The van der Waals surface area contributed by atoms with Gasteiger partial charge >= 0.3 is 0 Å². The minimum Gasteiger partial charge on any atom is -0.347 e. The van der Waals surface area contributed by atoms with Crippen LogP contribution in [0.2, 0.25) is 0 Å². The van der Waals surface area contributed by atoms with Crippen molar-refractivity contribution in [1.29, 1.82) is 0 Å². The average Bonchev–Trinajstić information content (AvgIpc) is 2.74. The molecule has 0 bridgehead atoms. The van der Waals surface area contributed by atoms with Crippen molar-refractivity contribution in [3.63, 3.8) is 0 Å². The number of nitrogens with zero attached hydrogens (tertiary/aromatic N) is 1. The summed E-state index contributed by atoms with van der Waals surface area (Å²) in [5.41, 5.74) is 0. The van der Waals surface area contributed by atoms with Gasteiger partial charge in [-0.2, -0.15) is 0 Å². The Balaban J connectivity index is 1.97. The van der Waals surface area contributed by atoms with E-state index < -0.39 is 0 Å². The first-order valence-corrected chi connectivity index (χ1v) is 5.73. The van der Waals surface area contributed by atoms with Crippen LogP contribution in [0.1, 0.15) is 19.3 Å². The summed E-state index contributed by atoms with van der Waals surface area (Å²) in [7, 11) is 0. The van der Waals surface area contributed by atoms with Gasteiger partial charge in [0.2, 0.25) is 11.8 Å². The van der Waals surface area contributed by atoms with Gasteiger partial charge in [-0.05, 0) is 19.3 Å². The highest BCUT2D eigenvalue weighted by Crippen LogP contribution is 2.28. The predicted octanol–water partition coefficient (Wildman–Crippen LogP) is 0.566. The molecule has 2 aliphatic heterocycles. The van der Waals surface area contributed by atoms with Crippen LogP contribution in [-0.4, -0.2) is 28.8 Å². The van der Waals surface area contributed by atoms with E-state index in [-0.39, 0.29) is 29.8 Å². The van der Waals surface area contributed by atoms with Crippen LogP contribution in [0, 0.1) is 5.92 Å². The fourth-order valence-electron chi connectivity index (χ4n) is 2.69. The fraction of sp³-hybridized carbons (Fsp3) is 0.500. The average molecular weight is 218 g/mol. The Morgan fingerprint density at radius 3 is 3.06 bits per heavy atom. The van der Waals surface area contributed by atoms with Crippen LogP contribution in [-0.2, 0) is 9.59 Å². The van der Waals surface area contributed by atoms with E-state index in [1.807, 2.05) is 18.2 Å². The second-order valence-corrected chi connectivity index (χ2v) is 4.53. The predicted molar refractivity (Wildman–Crippen MR) is 58.2 cm³/mol. The molecule has 0 aromatic heterocycles. The molecule has 0 aromatic rings. The van der Waals surface area contributed by atoms with Gasteiger partial charge in [0.1, 0.15) is 6.04 Å². The zero-order valence-corrected chi connectivity index (χ0v) is 8.93. The van der Waals surface area contributed by atoms with Gasteiger partial charge < -0.3 is 10.2 Å². The summed E-state index contributed by atoms with van der Waals surface area (Å²) in [4.78, 5) is 25.8. The molecule has 3 unspecified atom stereocenters. The summed E-state index contributed by atoms with van der Waals surface area (Å²) in [6.45, 7) is 0. The normalized spacial score (nSPS) is 36.8. The van der Waals surface area contributed by atoms with Gasteiger partial charge in [0.25, 0.3) is 0 Å². The molecule has 3 atom stereocenters. The zero-order valence-electron chi connectivity index (χ0n) is 8.93. The molecule has 2 amide bonds. The first-order chi connectivity index (χ1) is 7.77. The molecule has 84 valence electrons. The van der Waals surface area contributed by atoms with E-state index in [9.17, 15) is 9.59 Å². The molecule has 2 heterocycles. The molecule has 1 saturated heterocycles. The Morgan fingerprint density at radius 1 is 1.31 bits per heavy atom. The van der Waals surface area contributed by atoms with Crippen LogP contribution in [0.3, 0.4) is 0 Å². The second-order valence-electron chi connectivity index (χ2n) is 4.53. The van der Waals surface area contributed by atoms with Crippen LogP contribution in [0.25, 0.3) is 0 Å².